The Bertz CT molecular complexity index is 343. The Morgan fingerprint density at radius 3 is 2.35 bits per heavy atom. The summed E-state index contributed by atoms with van der Waals surface area (Å²) in [4.78, 5) is 27.9. The summed E-state index contributed by atoms with van der Waals surface area (Å²) in [5.74, 6) is 1.18. The number of nitrogens with one attached hydrogen (secondary N) is 1. The molecular weight excluding hydrogens is 254 g/mol. The third kappa shape index (κ3) is 3.95. The maximum atomic E-state index is 12.2. The molecule has 0 radical (unpaired) electrons. The molecule has 1 N–H and O–H groups in total. The largest absolute Gasteiger partial charge is 0.339 e. The summed E-state index contributed by atoms with van der Waals surface area (Å²) in [7, 11) is 0. The van der Waals surface area contributed by atoms with Gasteiger partial charge in [0.05, 0.1) is 0 Å². The van der Waals surface area contributed by atoms with Gasteiger partial charge in [0.15, 0.2) is 0 Å². The predicted molar refractivity (Wildman–Crippen MR) is 78.2 cm³/mol. The summed E-state index contributed by atoms with van der Waals surface area (Å²) in [6.45, 7) is 8.77. The minimum atomic E-state index is 0.0483. The van der Waals surface area contributed by atoms with Crippen molar-refractivity contribution in [1.82, 2.24) is 15.1 Å². The van der Waals surface area contributed by atoms with E-state index in [2.05, 4.69) is 5.32 Å². The maximum Gasteiger partial charge on any atom is 0.225 e. The van der Waals surface area contributed by atoms with Crippen LogP contribution in [0, 0.1) is 11.8 Å². The quantitative estimate of drug-likeness (QED) is 0.825. The summed E-state index contributed by atoms with van der Waals surface area (Å²) in [5, 5.41) is 3.34. The van der Waals surface area contributed by atoms with Crippen molar-refractivity contribution in [3.05, 3.63) is 0 Å². The standard InChI is InChI=1S/C15H27N3O2/c1-12(2)15(20)18-9-7-17(8-10-18)14(19)4-3-13-5-6-16-11-13/h12-13,16H,3-11H2,1-2H3. The molecule has 0 aromatic carbocycles. The van der Waals surface area contributed by atoms with Crippen molar-refractivity contribution in [3.63, 3.8) is 0 Å². The number of carbonyl (C=O) groups is 2. The molecule has 2 saturated heterocycles. The molecule has 20 heavy (non-hydrogen) atoms. The van der Waals surface area contributed by atoms with Crippen LogP contribution in [-0.2, 0) is 9.59 Å². The molecule has 2 aliphatic heterocycles. The van der Waals surface area contributed by atoms with Crippen LogP contribution in [0.5, 0.6) is 0 Å². The van der Waals surface area contributed by atoms with E-state index in [1.807, 2.05) is 23.6 Å². The van der Waals surface area contributed by atoms with Crippen LogP contribution in [0.4, 0.5) is 0 Å². The first-order chi connectivity index (χ1) is 9.58. The van der Waals surface area contributed by atoms with Gasteiger partial charge in [0.1, 0.15) is 0 Å². The second kappa shape index (κ2) is 7.07. The van der Waals surface area contributed by atoms with E-state index >= 15 is 0 Å². The summed E-state index contributed by atoms with van der Waals surface area (Å²) < 4.78 is 0. The molecule has 2 rings (SSSR count). The van der Waals surface area contributed by atoms with Gasteiger partial charge in [0.2, 0.25) is 11.8 Å². The molecule has 0 aromatic rings. The van der Waals surface area contributed by atoms with Crippen LogP contribution in [0.25, 0.3) is 0 Å². The number of nitrogens with zero attached hydrogens (tertiary/aromatic N) is 2. The van der Waals surface area contributed by atoms with Gasteiger partial charge in [-0.2, -0.15) is 0 Å². The van der Waals surface area contributed by atoms with Crippen LogP contribution in [-0.4, -0.2) is 60.9 Å². The first-order valence-electron chi connectivity index (χ1n) is 7.85. The highest BCUT2D eigenvalue weighted by Crippen LogP contribution is 2.16. The van der Waals surface area contributed by atoms with E-state index in [0.717, 1.165) is 19.5 Å². The first kappa shape index (κ1) is 15.3. The van der Waals surface area contributed by atoms with E-state index in [4.69, 9.17) is 0 Å². The van der Waals surface area contributed by atoms with Crippen molar-refractivity contribution in [2.75, 3.05) is 39.3 Å². The van der Waals surface area contributed by atoms with Gasteiger partial charge in [-0.05, 0) is 31.8 Å². The Labute approximate surface area is 121 Å². The van der Waals surface area contributed by atoms with Gasteiger partial charge in [0, 0.05) is 38.5 Å². The van der Waals surface area contributed by atoms with Crippen LogP contribution in [0.2, 0.25) is 0 Å². The Morgan fingerprint density at radius 1 is 1.15 bits per heavy atom. The lowest BCUT2D eigenvalue weighted by Gasteiger charge is -2.35. The van der Waals surface area contributed by atoms with E-state index in [-0.39, 0.29) is 17.7 Å². The van der Waals surface area contributed by atoms with Crippen molar-refractivity contribution in [3.8, 4) is 0 Å². The number of carbonyl (C=O) groups excluding carboxylic acids is 2. The lowest BCUT2D eigenvalue weighted by Crippen LogP contribution is -2.51. The number of hydrogen-bond donors (Lipinski definition) is 1. The molecule has 2 heterocycles. The molecule has 1 atom stereocenters. The van der Waals surface area contributed by atoms with Gasteiger partial charge >= 0.3 is 0 Å². The number of piperazine rings is 1. The second-order valence-corrected chi connectivity index (χ2v) is 6.26. The highest BCUT2D eigenvalue weighted by Gasteiger charge is 2.25. The molecule has 0 bridgehead atoms. The number of amides is 2. The van der Waals surface area contributed by atoms with Crippen molar-refractivity contribution in [2.45, 2.75) is 33.1 Å². The fraction of sp³-hybridized carbons (Fsp3) is 0.867. The van der Waals surface area contributed by atoms with Crippen molar-refractivity contribution in [1.29, 1.82) is 0 Å². The van der Waals surface area contributed by atoms with Gasteiger partial charge in [-0.25, -0.2) is 0 Å². The van der Waals surface area contributed by atoms with Gasteiger partial charge in [0.25, 0.3) is 0 Å². The van der Waals surface area contributed by atoms with E-state index in [9.17, 15) is 9.59 Å². The Hall–Kier alpha value is -1.10. The molecular formula is C15H27N3O2. The predicted octanol–water partition coefficient (Wildman–Crippen LogP) is 0.703. The van der Waals surface area contributed by atoms with Gasteiger partial charge in [-0.15, -0.1) is 0 Å². The molecule has 0 aliphatic carbocycles. The fourth-order valence-corrected chi connectivity index (χ4v) is 2.99. The normalized spacial score (nSPS) is 23.4. The average molecular weight is 281 g/mol. The zero-order valence-electron chi connectivity index (χ0n) is 12.7. The second-order valence-electron chi connectivity index (χ2n) is 6.26. The van der Waals surface area contributed by atoms with E-state index in [1.165, 1.54) is 6.42 Å². The first-order valence-corrected chi connectivity index (χ1v) is 7.85. The minimum Gasteiger partial charge on any atom is -0.339 e. The van der Waals surface area contributed by atoms with Crippen molar-refractivity contribution < 1.29 is 9.59 Å². The summed E-state index contributed by atoms with van der Waals surface area (Å²) in [5.41, 5.74) is 0. The summed E-state index contributed by atoms with van der Waals surface area (Å²) >= 11 is 0. The van der Waals surface area contributed by atoms with Crippen LogP contribution < -0.4 is 5.32 Å². The zero-order valence-corrected chi connectivity index (χ0v) is 12.7. The SMILES string of the molecule is CC(C)C(=O)N1CCN(C(=O)CCC2CCNC2)CC1. The molecule has 114 valence electrons. The average Bonchev–Trinajstić information content (AvgIpc) is 2.97. The van der Waals surface area contributed by atoms with Crippen LogP contribution in [0.3, 0.4) is 0 Å². The van der Waals surface area contributed by atoms with E-state index < -0.39 is 0 Å². The highest BCUT2D eigenvalue weighted by molar-refractivity contribution is 5.79. The molecule has 0 saturated carbocycles. The molecule has 2 amide bonds. The maximum absolute atomic E-state index is 12.2. The van der Waals surface area contributed by atoms with Gasteiger partial charge in [-0.3, -0.25) is 9.59 Å². The van der Waals surface area contributed by atoms with Crippen molar-refractivity contribution in [2.24, 2.45) is 11.8 Å². The zero-order chi connectivity index (χ0) is 14.5. The summed E-state index contributed by atoms with van der Waals surface area (Å²) in [6, 6.07) is 0. The monoisotopic (exact) mass is 281 g/mol. The van der Waals surface area contributed by atoms with E-state index in [1.54, 1.807) is 0 Å². The smallest absolute Gasteiger partial charge is 0.225 e. The van der Waals surface area contributed by atoms with Crippen LogP contribution in [0.15, 0.2) is 0 Å². The topological polar surface area (TPSA) is 52.7 Å². The number of rotatable bonds is 4. The minimum absolute atomic E-state index is 0.0483. The third-order valence-electron chi connectivity index (χ3n) is 4.37. The van der Waals surface area contributed by atoms with Crippen LogP contribution >= 0.6 is 0 Å². The lowest BCUT2D eigenvalue weighted by molar-refractivity contribution is -0.141. The van der Waals surface area contributed by atoms with Crippen LogP contribution in [0.1, 0.15) is 33.1 Å². The third-order valence-corrected chi connectivity index (χ3v) is 4.37. The Kier molecular flexibility index (Phi) is 5.40. The molecule has 5 heteroatoms. The molecule has 2 fully saturated rings. The van der Waals surface area contributed by atoms with E-state index in [0.29, 0.717) is 38.5 Å². The molecule has 1 unspecified atom stereocenters. The van der Waals surface area contributed by atoms with Crippen molar-refractivity contribution >= 4 is 11.8 Å². The summed E-state index contributed by atoms with van der Waals surface area (Å²) in [6.07, 6.45) is 2.85. The molecule has 0 aromatic heterocycles. The lowest BCUT2D eigenvalue weighted by atomic mass is 10.0. The Morgan fingerprint density at radius 2 is 1.80 bits per heavy atom. The fourth-order valence-electron chi connectivity index (χ4n) is 2.99. The number of hydrogen-bond acceptors (Lipinski definition) is 3. The molecule has 0 spiro atoms. The van der Waals surface area contributed by atoms with Gasteiger partial charge in [-0.1, -0.05) is 13.8 Å². The molecule has 5 nitrogen and oxygen atoms in total. The highest BCUT2D eigenvalue weighted by atomic mass is 16.2. The Balaban J connectivity index is 1.70. The molecule has 2 aliphatic rings. The van der Waals surface area contributed by atoms with Gasteiger partial charge < -0.3 is 15.1 Å².